The van der Waals surface area contributed by atoms with Gasteiger partial charge in [-0.05, 0) is 36.1 Å². The fraction of sp³-hybridized carbons (Fsp3) is 0.474. The van der Waals surface area contributed by atoms with Gasteiger partial charge in [0.25, 0.3) is 0 Å². The van der Waals surface area contributed by atoms with E-state index in [2.05, 4.69) is 36.2 Å². The number of anilines is 2. The molecule has 0 saturated heterocycles. The summed E-state index contributed by atoms with van der Waals surface area (Å²) in [7, 11) is 5.98. The van der Waals surface area contributed by atoms with Crippen LogP contribution in [0.2, 0.25) is 0 Å². The average Bonchev–Trinajstić information content (AvgIpc) is 2.55. The zero-order chi connectivity index (χ0) is 16.8. The summed E-state index contributed by atoms with van der Waals surface area (Å²) in [4.78, 5) is 11.6. The van der Waals surface area contributed by atoms with Gasteiger partial charge in [0.2, 0.25) is 0 Å². The highest BCUT2D eigenvalue weighted by molar-refractivity contribution is 5.76. The highest BCUT2D eigenvalue weighted by Gasteiger charge is 2.15. The number of hydrogen-bond acceptors (Lipinski definition) is 4. The molecule has 0 unspecified atom stereocenters. The van der Waals surface area contributed by atoms with Crippen LogP contribution in [-0.4, -0.2) is 31.1 Å². The minimum atomic E-state index is 0.894. The fourth-order valence-corrected chi connectivity index (χ4v) is 2.79. The Balaban J connectivity index is 2.64. The number of rotatable bonds is 7. The number of pyridine rings is 2. The highest BCUT2D eigenvalue weighted by atomic mass is 15.1. The molecule has 0 aliphatic rings. The molecule has 0 bridgehead atoms. The van der Waals surface area contributed by atoms with Gasteiger partial charge in [-0.3, -0.25) is 0 Å². The summed E-state index contributed by atoms with van der Waals surface area (Å²) in [6.07, 6.45) is 6.28. The number of nitrogens with zero attached hydrogens (tertiary/aromatic N) is 3. The second-order valence-electron chi connectivity index (χ2n) is 6.06. The van der Waals surface area contributed by atoms with Gasteiger partial charge in [0.05, 0.1) is 5.69 Å². The van der Waals surface area contributed by atoms with E-state index in [9.17, 15) is 0 Å². The summed E-state index contributed by atoms with van der Waals surface area (Å²) in [5, 5.41) is 3.15. The van der Waals surface area contributed by atoms with Crippen LogP contribution in [0.3, 0.4) is 0 Å². The third kappa shape index (κ3) is 4.01. The van der Waals surface area contributed by atoms with Gasteiger partial charge in [-0.1, -0.05) is 32.8 Å². The van der Waals surface area contributed by atoms with Crippen LogP contribution >= 0.6 is 0 Å². The Morgan fingerprint density at radius 3 is 2.43 bits per heavy atom. The van der Waals surface area contributed by atoms with Crippen molar-refractivity contribution in [2.24, 2.45) is 0 Å². The summed E-state index contributed by atoms with van der Waals surface area (Å²) >= 11 is 0. The second kappa shape index (κ2) is 7.95. The minimum absolute atomic E-state index is 0.894. The minimum Gasteiger partial charge on any atom is -0.373 e. The van der Waals surface area contributed by atoms with Crippen LogP contribution in [0.15, 0.2) is 24.4 Å². The van der Waals surface area contributed by atoms with Crippen LogP contribution in [0.5, 0.6) is 0 Å². The van der Waals surface area contributed by atoms with Crippen molar-refractivity contribution in [1.82, 2.24) is 9.97 Å². The first-order valence-electron chi connectivity index (χ1n) is 8.45. The Hall–Kier alpha value is -2.10. The number of aromatic nitrogens is 2. The molecular weight excluding hydrogens is 284 g/mol. The van der Waals surface area contributed by atoms with Gasteiger partial charge < -0.3 is 10.2 Å². The van der Waals surface area contributed by atoms with Crippen molar-refractivity contribution in [3.05, 3.63) is 35.5 Å². The molecular formula is C19H28N4. The molecule has 23 heavy (non-hydrogen) atoms. The van der Waals surface area contributed by atoms with Crippen molar-refractivity contribution in [3.63, 3.8) is 0 Å². The van der Waals surface area contributed by atoms with E-state index in [1.165, 1.54) is 11.1 Å². The third-order valence-corrected chi connectivity index (χ3v) is 3.89. The van der Waals surface area contributed by atoms with Crippen LogP contribution in [0, 0.1) is 0 Å². The summed E-state index contributed by atoms with van der Waals surface area (Å²) in [6, 6.07) is 6.49. The van der Waals surface area contributed by atoms with Crippen molar-refractivity contribution in [3.8, 4) is 11.3 Å². The topological polar surface area (TPSA) is 41.1 Å². The van der Waals surface area contributed by atoms with E-state index in [1.54, 1.807) is 0 Å². The van der Waals surface area contributed by atoms with Gasteiger partial charge in [0.15, 0.2) is 0 Å². The SMILES string of the molecule is CCCc1cnc(N(C)C)c(-c2nc(NC)ccc2CCC)c1. The predicted molar refractivity (Wildman–Crippen MR) is 99.3 cm³/mol. The quantitative estimate of drug-likeness (QED) is 0.833. The van der Waals surface area contributed by atoms with Crippen LogP contribution in [0.25, 0.3) is 11.3 Å². The van der Waals surface area contributed by atoms with Crippen LogP contribution < -0.4 is 10.2 Å². The Labute approximate surface area is 140 Å². The van der Waals surface area contributed by atoms with Gasteiger partial charge in [-0.25, -0.2) is 9.97 Å². The maximum Gasteiger partial charge on any atom is 0.137 e. The van der Waals surface area contributed by atoms with Gasteiger partial charge in [0, 0.05) is 32.9 Å². The van der Waals surface area contributed by atoms with Crippen molar-refractivity contribution >= 4 is 11.6 Å². The molecule has 0 saturated carbocycles. The molecule has 2 rings (SSSR count). The number of hydrogen-bond donors (Lipinski definition) is 1. The Bertz CT molecular complexity index is 650. The molecule has 2 aromatic rings. The molecule has 4 heteroatoms. The van der Waals surface area contributed by atoms with E-state index in [4.69, 9.17) is 9.97 Å². The lowest BCUT2D eigenvalue weighted by atomic mass is 10.00. The predicted octanol–water partition coefficient (Wildman–Crippen LogP) is 4.16. The zero-order valence-electron chi connectivity index (χ0n) is 15.0. The first-order valence-corrected chi connectivity index (χ1v) is 8.45. The molecule has 0 aromatic carbocycles. The normalized spacial score (nSPS) is 10.7. The molecule has 0 fully saturated rings. The molecule has 0 amide bonds. The molecule has 2 heterocycles. The molecule has 0 atom stereocenters. The van der Waals surface area contributed by atoms with Crippen molar-refractivity contribution in [2.45, 2.75) is 39.5 Å². The fourth-order valence-electron chi connectivity index (χ4n) is 2.79. The summed E-state index contributed by atoms with van der Waals surface area (Å²) in [5.74, 6) is 1.87. The van der Waals surface area contributed by atoms with E-state index < -0.39 is 0 Å². The van der Waals surface area contributed by atoms with Crippen LogP contribution in [-0.2, 0) is 12.8 Å². The Kier molecular flexibility index (Phi) is 5.97. The molecule has 0 aliphatic heterocycles. The molecule has 1 N–H and O–H groups in total. The largest absolute Gasteiger partial charge is 0.373 e. The molecule has 2 aromatic heterocycles. The van der Waals surface area contributed by atoms with Crippen LogP contribution in [0.1, 0.15) is 37.8 Å². The van der Waals surface area contributed by atoms with E-state index in [0.717, 1.165) is 48.6 Å². The summed E-state index contributed by atoms with van der Waals surface area (Å²) in [6.45, 7) is 4.40. The Morgan fingerprint density at radius 2 is 1.83 bits per heavy atom. The standard InChI is InChI=1S/C19H28N4/c1-6-8-14-12-16(19(21-13-14)23(4)5)18-15(9-7-2)10-11-17(20-3)22-18/h10-13H,6-9H2,1-5H3,(H,20,22). The smallest absolute Gasteiger partial charge is 0.137 e. The number of aryl methyl sites for hydroxylation is 2. The zero-order valence-corrected chi connectivity index (χ0v) is 15.0. The van der Waals surface area contributed by atoms with Gasteiger partial charge in [0.1, 0.15) is 11.6 Å². The van der Waals surface area contributed by atoms with E-state index in [0.29, 0.717) is 0 Å². The second-order valence-corrected chi connectivity index (χ2v) is 6.06. The highest BCUT2D eigenvalue weighted by Crippen LogP contribution is 2.32. The molecule has 0 radical (unpaired) electrons. The summed E-state index contributed by atoms with van der Waals surface area (Å²) < 4.78 is 0. The van der Waals surface area contributed by atoms with Crippen molar-refractivity contribution < 1.29 is 0 Å². The maximum atomic E-state index is 4.85. The average molecular weight is 312 g/mol. The lowest BCUT2D eigenvalue weighted by Gasteiger charge is -2.19. The maximum absolute atomic E-state index is 4.85. The third-order valence-electron chi connectivity index (χ3n) is 3.89. The van der Waals surface area contributed by atoms with Crippen molar-refractivity contribution in [1.29, 1.82) is 0 Å². The lowest BCUT2D eigenvalue weighted by Crippen LogP contribution is -2.13. The van der Waals surface area contributed by atoms with E-state index in [-0.39, 0.29) is 0 Å². The van der Waals surface area contributed by atoms with Crippen molar-refractivity contribution in [2.75, 3.05) is 31.4 Å². The summed E-state index contributed by atoms with van der Waals surface area (Å²) in [5.41, 5.74) is 4.73. The first-order chi connectivity index (χ1) is 11.1. The molecule has 124 valence electrons. The molecule has 4 nitrogen and oxygen atoms in total. The van der Waals surface area contributed by atoms with Crippen LogP contribution in [0.4, 0.5) is 11.6 Å². The van der Waals surface area contributed by atoms with Gasteiger partial charge in [-0.2, -0.15) is 0 Å². The Morgan fingerprint density at radius 1 is 1.09 bits per heavy atom. The first kappa shape index (κ1) is 17.3. The monoisotopic (exact) mass is 312 g/mol. The van der Waals surface area contributed by atoms with Gasteiger partial charge in [-0.15, -0.1) is 0 Å². The van der Waals surface area contributed by atoms with E-state index >= 15 is 0 Å². The van der Waals surface area contributed by atoms with E-state index in [1.807, 2.05) is 33.4 Å². The lowest BCUT2D eigenvalue weighted by molar-refractivity contribution is 0.905. The number of nitrogens with one attached hydrogen (secondary N) is 1. The van der Waals surface area contributed by atoms with Gasteiger partial charge >= 0.3 is 0 Å². The molecule has 0 aliphatic carbocycles. The molecule has 0 spiro atoms.